The van der Waals surface area contributed by atoms with Crippen LogP contribution in [0.25, 0.3) is 0 Å². The zero-order chi connectivity index (χ0) is 15.4. The Balaban J connectivity index is 3.81. The van der Waals surface area contributed by atoms with Crippen LogP contribution in [-0.2, 0) is 14.4 Å². The SMILES string of the molecule is CC(CC(C)C(=O)NC(C)CCCCNC=O)NC=O. The fourth-order valence-electron chi connectivity index (χ4n) is 2.02. The van der Waals surface area contributed by atoms with Gasteiger partial charge in [0.1, 0.15) is 0 Å². The van der Waals surface area contributed by atoms with Crippen LogP contribution < -0.4 is 16.0 Å². The molecule has 0 aliphatic rings. The van der Waals surface area contributed by atoms with E-state index in [-0.39, 0.29) is 23.9 Å². The molecule has 0 radical (unpaired) electrons. The van der Waals surface area contributed by atoms with Crippen LogP contribution in [0.4, 0.5) is 0 Å². The van der Waals surface area contributed by atoms with Crippen LogP contribution in [0.5, 0.6) is 0 Å². The predicted molar refractivity (Wildman–Crippen MR) is 78.0 cm³/mol. The van der Waals surface area contributed by atoms with E-state index in [9.17, 15) is 14.4 Å². The quantitative estimate of drug-likeness (QED) is 0.362. The van der Waals surface area contributed by atoms with Gasteiger partial charge in [0.25, 0.3) is 0 Å². The summed E-state index contributed by atoms with van der Waals surface area (Å²) in [5.74, 6) is -0.111. The van der Waals surface area contributed by atoms with Gasteiger partial charge in [-0.3, -0.25) is 14.4 Å². The Labute approximate surface area is 121 Å². The molecule has 6 nitrogen and oxygen atoms in total. The summed E-state index contributed by atoms with van der Waals surface area (Å²) in [5.41, 5.74) is 0. The van der Waals surface area contributed by atoms with Crippen LogP contribution in [0.15, 0.2) is 0 Å². The van der Waals surface area contributed by atoms with Crippen LogP contribution in [0.1, 0.15) is 46.5 Å². The summed E-state index contributed by atoms with van der Waals surface area (Å²) in [6, 6.07) is 0.119. The van der Waals surface area contributed by atoms with Crippen molar-refractivity contribution in [1.29, 1.82) is 0 Å². The molecular formula is C14H27N3O3. The summed E-state index contributed by atoms with van der Waals surface area (Å²) in [6.07, 6.45) is 4.74. The maximum absolute atomic E-state index is 11.9. The maximum Gasteiger partial charge on any atom is 0.223 e. The lowest BCUT2D eigenvalue weighted by atomic mass is 10.0. The summed E-state index contributed by atoms with van der Waals surface area (Å²) in [7, 11) is 0. The van der Waals surface area contributed by atoms with E-state index in [2.05, 4.69) is 16.0 Å². The Kier molecular flexibility index (Phi) is 10.4. The molecule has 0 spiro atoms. The highest BCUT2D eigenvalue weighted by atomic mass is 16.2. The first-order valence-electron chi connectivity index (χ1n) is 7.18. The van der Waals surface area contributed by atoms with Gasteiger partial charge in [-0.2, -0.15) is 0 Å². The third-order valence-electron chi connectivity index (χ3n) is 3.19. The normalized spacial score (nSPS) is 14.8. The highest BCUT2D eigenvalue weighted by molar-refractivity contribution is 5.78. The molecule has 0 bridgehead atoms. The molecule has 0 saturated carbocycles. The van der Waals surface area contributed by atoms with Crippen molar-refractivity contribution in [2.45, 2.75) is 58.5 Å². The first kappa shape index (κ1) is 18.4. The van der Waals surface area contributed by atoms with Crippen LogP contribution >= 0.6 is 0 Å². The Bertz CT molecular complexity index is 297. The molecule has 0 aliphatic heterocycles. The molecular weight excluding hydrogens is 258 g/mol. The van der Waals surface area contributed by atoms with Gasteiger partial charge in [0.15, 0.2) is 0 Å². The van der Waals surface area contributed by atoms with E-state index in [1.165, 1.54) is 0 Å². The lowest BCUT2D eigenvalue weighted by Gasteiger charge is -2.19. The van der Waals surface area contributed by atoms with Crippen molar-refractivity contribution in [1.82, 2.24) is 16.0 Å². The molecule has 0 fully saturated rings. The Morgan fingerprint density at radius 1 is 1.05 bits per heavy atom. The molecule has 116 valence electrons. The van der Waals surface area contributed by atoms with Gasteiger partial charge in [0, 0.05) is 24.5 Å². The molecule has 3 unspecified atom stereocenters. The highest BCUT2D eigenvalue weighted by Crippen LogP contribution is 2.07. The van der Waals surface area contributed by atoms with Gasteiger partial charge in [-0.05, 0) is 39.5 Å². The van der Waals surface area contributed by atoms with Gasteiger partial charge in [-0.1, -0.05) is 6.92 Å². The molecule has 20 heavy (non-hydrogen) atoms. The number of hydrogen-bond acceptors (Lipinski definition) is 3. The Morgan fingerprint density at radius 3 is 2.35 bits per heavy atom. The summed E-state index contributed by atoms with van der Waals surface area (Å²) in [4.78, 5) is 32.3. The average Bonchev–Trinajstić information content (AvgIpc) is 2.38. The number of carbonyl (C=O) groups is 3. The van der Waals surface area contributed by atoms with E-state index in [0.29, 0.717) is 25.8 Å². The molecule has 0 heterocycles. The highest BCUT2D eigenvalue weighted by Gasteiger charge is 2.17. The van der Waals surface area contributed by atoms with Gasteiger partial charge < -0.3 is 16.0 Å². The van der Waals surface area contributed by atoms with E-state index >= 15 is 0 Å². The molecule has 0 aromatic carbocycles. The lowest BCUT2D eigenvalue weighted by molar-refractivity contribution is -0.125. The molecule has 3 atom stereocenters. The third-order valence-corrected chi connectivity index (χ3v) is 3.19. The fourth-order valence-corrected chi connectivity index (χ4v) is 2.02. The second-order valence-electron chi connectivity index (χ2n) is 5.30. The summed E-state index contributed by atoms with van der Waals surface area (Å²) in [5, 5.41) is 8.23. The van der Waals surface area contributed by atoms with Crippen molar-refractivity contribution in [2.75, 3.05) is 6.54 Å². The van der Waals surface area contributed by atoms with Gasteiger partial charge in [0.2, 0.25) is 18.7 Å². The zero-order valence-corrected chi connectivity index (χ0v) is 12.6. The summed E-state index contributed by atoms with van der Waals surface area (Å²) in [6.45, 7) is 6.39. The third kappa shape index (κ3) is 9.35. The van der Waals surface area contributed by atoms with Crippen LogP contribution in [0, 0.1) is 5.92 Å². The van der Waals surface area contributed by atoms with E-state index in [0.717, 1.165) is 19.3 Å². The van der Waals surface area contributed by atoms with Crippen molar-refractivity contribution in [2.24, 2.45) is 5.92 Å². The monoisotopic (exact) mass is 285 g/mol. The molecule has 0 aliphatic carbocycles. The van der Waals surface area contributed by atoms with Gasteiger partial charge >= 0.3 is 0 Å². The fraction of sp³-hybridized carbons (Fsp3) is 0.786. The second-order valence-corrected chi connectivity index (χ2v) is 5.30. The predicted octanol–water partition coefficient (Wildman–Crippen LogP) is 0.568. The topological polar surface area (TPSA) is 87.3 Å². The standard InChI is InChI=1S/C14H27N3O3/c1-11(8-13(3)16-10-19)14(20)17-12(2)6-4-5-7-15-9-18/h9-13H,4-8H2,1-3H3,(H,15,18)(H,16,19)(H,17,20). The minimum Gasteiger partial charge on any atom is -0.359 e. The van der Waals surface area contributed by atoms with E-state index in [1.807, 2.05) is 20.8 Å². The Hall–Kier alpha value is -1.59. The van der Waals surface area contributed by atoms with Crippen LogP contribution in [0.2, 0.25) is 0 Å². The lowest BCUT2D eigenvalue weighted by Crippen LogP contribution is -2.38. The van der Waals surface area contributed by atoms with Crippen LogP contribution in [-0.4, -0.2) is 37.4 Å². The smallest absolute Gasteiger partial charge is 0.223 e. The molecule has 0 aromatic heterocycles. The molecule has 0 saturated heterocycles. The van der Waals surface area contributed by atoms with Crippen molar-refractivity contribution in [3.8, 4) is 0 Å². The first-order chi connectivity index (χ1) is 9.51. The largest absolute Gasteiger partial charge is 0.359 e. The number of nitrogens with one attached hydrogen (secondary N) is 3. The van der Waals surface area contributed by atoms with Crippen molar-refractivity contribution >= 4 is 18.7 Å². The van der Waals surface area contributed by atoms with E-state index in [4.69, 9.17) is 0 Å². The molecule has 3 amide bonds. The number of unbranched alkanes of at least 4 members (excludes halogenated alkanes) is 1. The van der Waals surface area contributed by atoms with Crippen molar-refractivity contribution < 1.29 is 14.4 Å². The minimum absolute atomic E-state index is 0.00188. The van der Waals surface area contributed by atoms with Crippen LogP contribution in [0.3, 0.4) is 0 Å². The summed E-state index contributed by atoms with van der Waals surface area (Å²) < 4.78 is 0. The van der Waals surface area contributed by atoms with Gasteiger partial charge in [-0.25, -0.2) is 0 Å². The van der Waals surface area contributed by atoms with Gasteiger partial charge in [-0.15, -0.1) is 0 Å². The number of rotatable bonds is 12. The van der Waals surface area contributed by atoms with Crippen molar-refractivity contribution in [3.05, 3.63) is 0 Å². The molecule has 0 rings (SSSR count). The number of hydrogen-bond donors (Lipinski definition) is 3. The average molecular weight is 285 g/mol. The molecule has 6 heteroatoms. The molecule has 0 aromatic rings. The first-order valence-corrected chi connectivity index (χ1v) is 7.18. The minimum atomic E-state index is -0.128. The van der Waals surface area contributed by atoms with Gasteiger partial charge in [0.05, 0.1) is 0 Å². The molecule has 3 N–H and O–H groups in total. The Morgan fingerprint density at radius 2 is 1.75 bits per heavy atom. The maximum atomic E-state index is 11.9. The zero-order valence-electron chi connectivity index (χ0n) is 12.6. The van der Waals surface area contributed by atoms with Crippen molar-refractivity contribution in [3.63, 3.8) is 0 Å². The number of amides is 3. The second kappa shape index (κ2) is 11.3. The number of carbonyl (C=O) groups excluding carboxylic acids is 3. The summed E-state index contributed by atoms with van der Waals surface area (Å²) >= 11 is 0. The van der Waals surface area contributed by atoms with E-state index in [1.54, 1.807) is 0 Å². The van der Waals surface area contributed by atoms with E-state index < -0.39 is 0 Å².